The van der Waals surface area contributed by atoms with E-state index in [0.29, 0.717) is 24.7 Å². The SMILES string of the molecule is Cc1cccn2cc(C(=O)N3CCN(C4CC4)C(=O)C3)cc12. The van der Waals surface area contributed by atoms with Gasteiger partial charge in [-0.15, -0.1) is 0 Å². The van der Waals surface area contributed by atoms with Gasteiger partial charge in [0.1, 0.15) is 6.54 Å². The summed E-state index contributed by atoms with van der Waals surface area (Å²) in [5.41, 5.74) is 2.83. The third-order valence-corrected chi connectivity index (χ3v) is 4.62. The second-order valence-electron chi connectivity index (χ2n) is 6.26. The van der Waals surface area contributed by atoms with E-state index in [-0.39, 0.29) is 18.4 Å². The number of aromatic nitrogens is 1. The van der Waals surface area contributed by atoms with Crippen LogP contribution >= 0.6 is 0 Å². The molecule has 0 spiro atoms. The molecule has 2 aromatic heterocycles. The highest BCUT2D eigenvalue weighted by Gasteiger charge is 2.37. The van der Waals surface area contributed by atoms with Gasteiger partial charge in [0.05, 0.1) is 5.56 Å². The minimum atomic E-state index is -0.0492. The Morgan fingerprint density at radius 2 is 2.09 bits per heavy atom. The van der Waals surface area contributed by atoms with E-state index in [1.165, 1.54) is 0 Å². The summed E-state index contributed by atoms with van der Waals surface area (Å²) >= 11 is 0. The molecule has 0 N–H and O–H groups in total. The molecular formula is C17H19N3O2. The summed E-state index contributed by atoms with van der Waals surface area (Å²) < 4.78 is 1.96. The predicted octanol–water partition coefficient (Wildman–Crippen LogP) is 1.69. The number of hydrogen-bond donors (Lipinski definition) is 0. The molecule has 3 heterocycles. The Bertz CT molecular complexity index is 760. The van der Waals surface area contributed by atoms with E-state index in [4.69, 9.17) is 0 Å². The highest BCUT2D eigenvalue weighted by molar-refractivity contribution is 5.98. The number of rotatable bonds is 2. The smallest absolute Gasteiger partial charge is 0.255 e. The molecule has 0 radical (unpaired) electrons. The molecule has 2 aliphatic rings. The molecule has 1 saturated heterocycles. The Morgan fingerprint density at radius 1 is 1.27 bits per heavy atom. The standard InChI is InChI=1S/C17H19N3O2/c1-12-3-2-6-18-10-13(9-15(12)18)17(22)19-7-8-20(14-4-5-14)16(21)11-19/h2-3,6,9-10,14H,4-5,7-8,11H2,1H3. The van der Waals surface area contributed by atoms with Gasteiger partial charge < -0.3 is 14.2 Å². The summed E-state index contributed by atoms with van der Waals surface area (Å²) in [5.74, 6) is 0.0361. The quantitative estimate of drug-likeness (QED) is 0.847. The average Bonchev–Trinajstić information content (AvgIpc) is 3.25. The molecule has 22 heavy (non-hydrogen) atoms. The second-order valence-corrected chi connectivity index (χ2v) is 6.26. The molecule has 2 fully saturated rings. The van der Waals surface area contributed by atoms with Crippen molar-refractivity contribution in [3.8, 4) is 0 Å². The van der Waals surface area contributed by atoms with Crippen molar-refractivity contribution in [1.82, 2.24) is 14.2 Å². The number of piperazine rings is 1. The molecule has 2 aromatic rings. The van der Waals surface area contributed by atoms with E-state index in [0.717, 1.165) is 23.9 Å². The van der Waals surface area contributed by atoms with Crippen molar-refractivity contribution in [2.45, 2.75) is 25.8 Å². The molecule has 5 nitrogen and oxygen atoms in total. The summed E-state index contributed by atoms with van der Waals surface area (Å²) in [6, 6.07) is 6.34. The number of carbonyl (C=O) groups is 2. The van der Waals surface area contributed by atoms with Crippen molar-refractivity contribution in [3.05, 3.63) is 41.7 Å². The van der Waals surface area contributed by atoms with Gasteiger partial charge >= 0.3 is 0 Å². The average molecular weight is 297 g/mol. The molecule has 1 aliphatic heterocycles. The lowest BCUT2D eigenvalue weighted by Gasteiger charge is -2.34. The van der Waals surface area contributed by atoms with E-state index >= 15 is 0 Å². The van der Waals surface area contributed by atoms with Gasteiger partial charge in [-0.25, -0.2) is 0 Å². The van der Waals surface area contributed by atoms with Gasteiger partial charge in [0.2, 0.25) is 5.91 Å². The van der Waals surface area contributed by atoms with Crippen LogP contribution in [0.2, 0.25) is 0 Å². The van der Waals surface area contributed by atoms with Gasteiger partial charge in [0.15, 0.2) is 0 Å². The van der Waals surface area contributed by atoms with Crippen molar-refractivity contribution in [2.75, 3.05) is 19.6 Å². The fraction of sp³-hybridized carbons (Fsp3) is 0.412. The molecule has 2 amide bonds. The van der Waals surface area contributed by atoms with Crippen LogP contribution in [0.5, 0.6) is 0 Å². The number of pyridine rings is 1. The molecule has 1 saturated carbocycles. The summed E-state index contributed by atoms with van der Waals surface area (Å²) in [7, 11) is 0. The molecule has 1 aliphatic carbocycles. The largest absolute Gasteiger partial charge is 0.336 e. The van der Waals surface area contributed by atoms with Crippen LogP contribution in [-0.2, 0) is 4.79 Å². The molecule has 114 valence electrons. The molecule has 0 bridgehead atoms. The van der Waals surface area contributed by atoms with Crippen LogP contribution in [0.1, 0.15) is 28.8 Å². The van der Waals surface area contributed by atoms with Gasteiger partial charge in [-0.2, -0.15) is 0 Å². The van der Waals surface area contributed by atoms with Crippen LogP contribution in [0.15, 0.2) is 30.6 Å². The van der Waals surface area contributed by atoms with Crippen molar-refractivity contribution in [2.24, 2.45) is 0 Å². The molecule has 4 rings (SSSR count). The number of fused-ring (bicyclic) bond motifs is 1. The Morgan fingerprint density at radius 3 is 2.77 bits per heavy atom. The van der Waals surface area contributed by atoms with Crippen molar-refractivity contribution in [1.29, 1.82) is 0 Å². The zero-order chi connectivity index (χ0) is 15.3. The lowest BCUT2D eigenvalue weighted by molar-refractivity contribution is -0.135. The van der Waals surface area contributed by atoms with Crippen LogP contribution < -0.4 is 0 Å². The molecule has 0 atom stereocenters. The van der Waals surface area contributed by atoms with Gasteiger partial charge in [-0.3, -0.25) is 9.59 Å². The fourth-order valence-corrected chi connectivity index (χ4v) is 3.22. The lowest BCUT2D eigenvalue weighted by Crippen LogP contribution is -2.52. The van der Waals surface area contributed by atoms with E-state index in [1.54, 1.807) is 4.90 Å². The first kappa shape index (κ1) is 13.4. The molecular weight excluding hydrogens is 278 g/mol. The maximum Gasteiger partial charge on any atom is 0.255 e. The third-order valence-electron chi connectivity index (χ3n) is 4.62. The number of nitrogens with zero attached hydrogens (tertiary/aromatic N) is 3. The Hall–Kier alpha value is -2.30. The normalized spacial score (nSPS) is 19.0. The summed E-state index contributed by atoms with van der Waals surface area (Å²) in [6.45, 7) is 3.54. The summed E-state index contributed by atoms with van der Waals surface area (Å²) in [5, 5.41) is 0. The van der Waals surface area contributed by atoms with Crippen LogP contribution in [0.3, 0.4) is 0 Å². The lowest BCUT2D eigenvalue weighted by atomic mass is 10.2. The number of aryl methyl sites for hydroxylation is 1. The van der Waals surface area contributed by atoms with Crippen LogP contribution in [0, 0.1) is 6.92 Å². The molecule has 0 aromatic carbocycles. The molecule has 0 unspecified atom stereocenters. The monoisotopic (exact) mass is 297 g/mol. The summed E-state index contributed by atoms with van der Waals surface area (Å²) in [6.07, 6.45) is 6.02. The minimum absolute atomic E-state index is 0.0492. The first-order chi connectivity index (χ1) is 10.6. The zero-order valence-electron chi connectivity index (χ0n) is 12.7. The van der Waals surface area contributed by atoms with Crippen LogP contribution in [0.25, 0.3) is 5.52 Å². The van der Waals surface area contributed by atoms with E-state index in [2.05, 4.69) is 0 Å². The van der Waals surface area contributed by atoms with E-state index < -0.39 is 0 Å². The molecule has 5 heteroatoms. The first-order valence-corrected chi connectivity index (χ1v) is 7.79. The fourth-order valence-electron chi connectivity index (χ4n) is 3.22. The van der Waals surface area contributed by atoms with Crippen molar-refractivity contribution >= 4 is 17.3 Å². The predicted molar refractivity (Wildman–Crippen MR) is 82.8 cm³/mol. The maximum atomic E-state index is 12.7. The first-order valence-electron chi connectivity index (χ1n) is 7.79. The summed E-state index contributed by atoms with van der Waals surface area (Å²) in [4.78, 5) is 28.4. The number of hydrogen-bond acceptors (Lipinski definition) is 2. The van der Waals surface area contributed by atoms with Gasteiger partial charge in [0.25, 0.3) is 5.91 Å². The second kappa shape index (κ2) is 4.87. The zero-order valence-corrected chi connectivity index (χ0v) is 12.7. The topological polar surface area (TPSA) is 45.0 Å². The minimum Gasteiger partial charge on any atom is -0.336 e. The van der Waals surface area contributed by atoms with Crippen LogP contribution in [-0.4, -0.2) is 51.7 Å². The van der Waals surface area contributed by atoms with Gasteiger partial charge in [-0.1, -0.05) is 6.07 Å². The van der Waals surface area contributed by atoms with Crippen molar-refractivity contribution in [3.63, 3.8) is 0 Å². The maximum absolute atomic E-state index is 12.7. The highest BCUT2D eigenvalue weighted by atomic mass is 16.2. The van der Waals surface area contributed by atoms with E-state index in [1.807, 2.05) is 46.8 Å². The third kappa shape index (κ3) is 2.17. The Balaban J connectivity index is 1.55. The van der Waals surface area contributed by atoms with Gasteiger partial charge in [-0.05, 0) is 37.5 Å². The van der Waals surface area contributed by atoms with Crippen molar-refractivity contribution < 1.29 is 9.59 Å². The van der Waals surface area contributed by atoms with Crippen LogP contribution in [0.4, 0.5) is 0 Å². The number of carbonyl (C=O) groups excluding carboxylic acids is 2. The Kier molecular flexibility index (Phi) is 2.96. The highest BCUT2D eigenvalue weighted by Crippen LogP contribution is 2.28. The number of amides is 2. The van der Waals surface area contributed by atoms with E-state index in [9.17, 15) is 9.59 Å². The Labute approximate surface area is 129 Å². The van der Waals surface area contributed by atoms with Gasteiger partial charge in [0, 0.05) is 37.0 Å².